The van der Waals surface area contributed by atoms with Gasteiger partial charge in [-0.15, -0.1) is 0 Å². The molecule has 2 nitrogen and oxygen atoms in total. The first-order valence-corrected chi connectivity index (χ1v) is 5.24. The molecule has 1 aliphatic rings. The van der Waals surface area contributed by atoms with Gasteiger partial charge in [0.25, 0.3) is 0 Å². The van der Waals surface area contributed by atoms with Crippen LogP contribution in [-0.2, 0) is 6.54 Å². The van der Waals surface area contributed by atoms with Crippen LogP contribution < -0.4 is 4.74 Å². The van der Waals surface area contributed by atoms with Crippen molar-refractivity contribution < 1.29 is 4.74 Å². The van der Waals surface area contributed by atoms with Crippen molar-refractivity contribution in [3.8, 4) is 5.75 Å². The highest BCUT2D eigenvalue weighted by atomic mass is 16.5. The minimum absolute atomic E-state index is 0.740. The Morgan fingerprint density at radius 2 is 2.29 bits per heavy atom. The van der Waals surface area contributed by atoms with Gasteiger partial charge in [-0.05, 0) is 19.4 Å². The topological polar surface area (TPSA) is 12.5 Å². The van der Waals surface area contributed by atoms with Crippen LogP contribution in [0.1, 0.15) is 24.5 Å². The Balaban J connectivity index is 2.16. The monoisotopic (exact) mass is 191 g/mol. The van der Waals surface area contributed by atoms with E-state index < -0.39 is 0 Å². The van der Waals surface area contributed by atoms with Crippen LogP contribution in [0.25, 0.3) is 0 Å². The van der Waals surface area contributed by atoms with Crippen molar-refractivity contribution in [2.45, 2.75) is 26.8 Å². The van der Waals surface area contributed by atoms with Gasteiger partial charge in [0.1, 0.15) is 12.5 Å². The van der Waals surface area contributed by atoms with Crippen molar-refractivity contribution >= 4 is 0 Å². The van der Waals surface area contributed by atoms with Gasteiger partial charge in [-0.25, -0.2) is 0 Å². The van der Waals surface area contributed by atoms with E-state index in [2.05, 4.69) is 36.9 Å². The highest BCUT2D eigenvalue weighted by Crippen LogP contribution is 2.25. The van der Waals surface area contributed by atoms with Crippen LogP contribution in [0, 0.1) is 6.92 Å². The summed E-state index contributed by atoms with van der Waals surface area (Å²) < 4.78 is 5.67. The molecule has 0 aromatic heterocycles. The third-order valence-corrected chi connectivity index (χ3v) is 2.55. The lowest BCUT2D eigenvalue weighted by atomic mass is 10.1. The number of fused-ring (bicyclic) bond motifs is 1. The molecule has 0 aliphatic carbocycles. The summed E-state index contributed by atoms with van der Waals surface area (Å²) >= 11 is 0. The van der Waals surface area contributed by atoms with Gasteiger partial charge in [0, 0.05) is 18.7 Å². The van der Waals surface area contributed by atoms with Crippen LogP contribution >= 0.6 is 0 Å². The van der Waals surface area contributed by atoms with Crippen molar-refractivity contribution in [2.24, 2.45) is 0 Å². The van der Waals surface area contributed by atoms with Crippen LogP contribution in [0.15, 0.2) is 18.2 Å². The fraction of sp³-hybridized carbons (Fsp3) is 0.500. The molecule has 0 saturated heterocycles. The Kier molecular flexibility index (Phi) is 2.73. The largest absolute Gasteiger partial charge is 0.478 e. The molecule has 1 aliphatic heterocycles. The van der Waals surface area contributed by atoms with Gasteiger partial charge in [-0.1, -0.05) is 24.6 Å². The van der Waals surface area contributed by atoms with Gasteiger partial charge < -0.3 is 4.74 Å². The molecule has 76 valence electrons. The van der Waals surface area contributed by atoms with Crippen molar-refractivity contribution in [2.75, 3.05) is 13.3 Å². The molecule has 0 atom stereocenters. The van der Waals surface area contributed by atoms with Crippen molar-refractivity contribution in [3.05, 3.63) is 29.3 Å². The van der Waals surface area contributed by atoms with Crippen molar-refractivity contribution in [1.29, 1.82) is 0 Å². The Labute approximate surface area is 85.5 Å². The van der Waals surface area contributed by atoms with E-state index in [9.17, 15) is 0 Å². The van der Waals surface area contributed by atoms with Gasteiger partial charge in [-0.3, -0.25) is 4.90 Å². The number of rotatable bonds is 2. The maximum atomic E-state index is 5.67. The van der Waals surface area contributed by atoms with Gasteiger partial charge >= 0.3 is 0 Å². The lowest BCUT2D eigenvalue weighted by molar-refractivity contribution is 0.0955. The standard InChI is InChI=1S/C12H17NO/c1-3-6-13-8-11-7-10(2)4-5-12(11)14-9-13/h4-5,7H,3,6,8-9H2,1-2H3. The molecular weight excluding hydrogens is 174 g/mol. The van der Waals surface area contributed by atoms with E-state index in [1.54, 1.807) is 0 Å². The molecule has 0 radical (unpaired) electrons. The minimum Gasteiger partial charge on any atom is -0.478 e. The third kappa shape index (κ3) is 1.90. The fourth-order valence-electron chi connectivity index (χ4n) is 1.88. The summed E-state index contributed by atoms with van der Waals surface area (Å²) in [5, 5.41) is 0. The predicted octanol–water partition coefficient (Wildman–Crippen LogP) is 2.56. The second-order valence-electron chi connectivity index (χ2n) is 3.94. The van der Waals surface area contributed by atoms with E-state index >= 15 is 0 Å². The molecule has 0 unspecified atom stereocenters. The highest BCUT2D eigenvalue weighted by Gasteiger charge is 2.15. The average Bonchev–Trinajstić information content (AvgIpc) is 2.17. The molecule has 0 amide bonds. The van der Waals surface area contributed by atoms with Crippen LogP contribution in [0.3, 0.4) is 0 Å². The number of hydrogen-bond acceptors (Lipinski definition) is 2. The maximum absolute atomic E-state index is 5.67. The summed E-state index contributed by atoms with van der Waals surface area (Å²) in [4.78, 5) is 2.34. The van der Waals surface area contributed by atoms with Gasteiger partial charge in [0.15, 0.2) is 0 Å². The third-order valence-electron chi connectivity index (χ3n) is 2.55. The number of ether oxygens (including phenoxy) is 1. The van der Waals surface area contributed by atoms with Crippen LogP contribution in [0.2, 0.25) is 0 Å². The maximum Gasteiger partial charge on any atom is 0.142 e. The van der Waals surface area contributed by atoms with Crippen molar-refractivity contribution in [1.82, 2.24) is 4.90 Å². The summed E-state index contributed by atoms with van der Waals surface area (Å²) in [5.74, 6) is 1.06. The smallest absolute Gasteiger partial charge is 0.142 e. The summed E-state index contributed by atoms with van der Waals surface area (Å²) in [7, 11) is 0. The molecule has 2 rings (SSSR count). The molecule has 1 heterocycles. The van der Waals surface area contributed by atoms with Gasteiger partial charge in [0.05, 0.1) is 0 Å². The van der Waals surface area contributed by atoms with E-state index in [1.165, 1.54) is 17.5 Å². The molecule has 0 fully saturated rings. The van der Waals surface area contributed by atoms with Crippen LogP contribution in [0.5, 0.6) is 5.75 Å². The van der Waals surface area contributed by atoms with E-state index in [-0.39, 0.29) is 0 Å². The highest BCUT2D eigenvalue weighted by molar-refractivity contribution is 5.37. The number of benzene rings is 1. The SMILES string of the molecule is CCCN1COc2ccc(C)cc2C1. The van der Waals surface area contributed by atoms with Gasteiger partial charge in [0.2, 0.25) is 0 Å². The summed E-state index contributed by atoms with van der Waals surface area (Å²) in [6, 6.07) is 6.40. The zero-order chi connectivity index (χ0) is 9.97. The van der Waals surface area contributed by atoms with Crippen LogP contribution in [-0.4, -0.2) is 18.2 Å². The number of aryl methyl sites for hydroxylation is 1. The molecule has 2 heteroatoms. The van der Waals surface area contributed by atoms with E-state index in [4.69, 9.17) is 4.74 Å². The molecule has 0 spiro atoms. The normalized spacial score (nSPS) is 16.1. The van der Waals surface area contributed by atoms with E-state index in [1.807, 2.05) is 0 Å². The number of hydrogen-bond donors (Lipinski definition) is 0. The Morgan fingerprint density at radius 3 is 3.07 bits per heavy atom. The zero-order valence-corrected chi connectivity index (χ0v) is 8.92. The summed E-state index contributed by atoms with van der Waals surface area (Å²) in [6.45, 7) is 7.22. The molecular formula is C12H17NO. The van der Waals surface area contributed by atoms with Crippen LogP contribution in [0.4, 0.5) is 0 Å². The lowest BCUT2D eigenvalue weighted by Gasteiger charge is -2.28. The molecule has 1 aromatic carbocycles. The first-order chi connectivity index (χ1) is 6.79. The Hall–Kier alpha value is -1.02. The Morgan fingerprint density at radius 1 is 1.43 bits per heavy atom. The van der Waals surface area contributed by atoms with Crippen molar-refractivity contribution in [3.63, 3.8) is 0 Å². The van der Waals surface area contributed by atoms with E-state index in [0.717, 1.165) is 25.6 Å². The first-order valence-electron chi connectivity index (χ1n) is 5.24. The predicted molar refractivity (Wildman–Crippen MR) is 57.4 cm³/mol. The minimum atomic E-state index is 0.740. The molecule has 0 bridgehead atoms. The molecule has 14 heavy (non-hydrogen) atoms. The average molecular weight is 191 g/mol. The quantitative estimate of drug-likeness (QED) is 0.712. The molecule has 0 N–H and O–H groups in total. The summed E-state index contributed by atoms with van der Waals surface area (Å²) in [6.07, 6.45) is 1.19. The second kappa shape index (κ2) is 4.01. The number of nitrogens with zero attached hydrogens (tertiary/aromatic N) is 1. The molecule has 1 aromatic rings. The fourth-order valence-corrected chi connectivity index (χ4v) is 1.88. The van der Waals surface area contributed by atoms with Gasteiger partial charge in [-0.2, -0.15) is 0 Å². The second-order valence-corrected chi connectivity index (χ2v) is 3.94. The zero-order valence-electron chi connectivity index (χ0n) is 8.92. The van der Waals surface area contributed by atoms with E-state index in [0.29, 0.717) is 0 Å². The lowest BCUT2D eigenvalue weighted by Crippen LogP contribution is -2.32. The first kappa shape index (κ1) is 9.53. The Bertz CT molecular complexity index is 322. The molecule has 0 saturated carbocycles. The summed E-state index contributed by atoms with van der Waals surface area (Å²) in [5.41, 5.74) is 2.63.